The maximum atomic E-state index is 13.6. The zero-order valence-corrected chi connectivity index (χ0v) is 19.3. The summed E-state index contributed by atoms with van der Waals surface area (Å²) in [7, 11) is 0. The summed E-state index contributed by atoms with van der Waals surface area (Å²) in [5.74, 6) is 0.593. The van der Waals surface area contributed by atoms with E-state index >= 15 is 0 Å². The van der Waals surface area contributed by atoms with Gasteiger partial charge in [-0.05, 0) is 61.4 Å². The number of ether oxygens (including phenoxy) is 1. The van der Waals surface area contributed by atoms with Crippen LogP contribution >= 0.6 is 11.3 Å². The van der Waals surface area contributed by atoms with Gasteiger partial charge in [-0.15, -0.1) is 0 Å². The third-order valence-corrected chi connectivity index (χ3v) is 6.19. The molecule has 164 valence electrons. The molecule has 32 heavy (non-hydrogen) atoms. The number of carbonyl (C=O) groups excluding carboxylic acids is 1. The Morgan fingerprint density at radius 2 is 1.97 bits per heavy atom. The molecule has 1 amide bonds. The molecule has 0 spiro atoms. The normalized spacial score (nSPS) is 10.9. The molecule has 2 heterocycles. The van der Waals surface area contributed by atoms with Crippen molar-refractivity contribution < 1.29 is 9.53 Å². The summed E-state index contributed by atoms with van der Waals surface area (Å²) in [6, 6.07) is 19.3. The lowest BCUT2D eigenvalue weighted by molar-refractivity contribution is 0.0984. The van der Waals surface area contributed by atoms with E-state index in [-0.39, 0.29) is 5.91 Å². The van der Waals surface area contributed by atoms with Gasteiger partial charge in [0.15, 0.2) is 5.13 Å². The molecule has 0 saturated heterocycles. The molecule has 2 aromatic carbocycles. The molecule has 0 aliphatic rings. The van der Waals surface area contributed by atoms with E-state index < -0.39 is 0 Å². The number of unbranched alkanes of at least 4 members (excludes halogenated alkanes) is 2. The van der Waals surface area contributed by atoms with Gasteiger partial charge in [-0.3, -0.25) is 14.7 Å². The van der Waals surface area contributed by atoms with Crippen LogP contribution in [0.1, 0.15) is 47.8 Å². The molecule has 4 rings (SSSR count). The van der Waals surface area contributed by atoms with Crippen LogP contribution in [0.5, 0.6) is 5.75 Å². The van der Waals surface area contributed by atoms with Gasteiger partial charge in [0.25, 0.3) is 5.91 Å². The molecular formula is C26H27N3O2S. The number of thiazole rings is 1. The van der Waals surface area contributed by atoms with E-state index in [0.717, 1.165) is 35.2 Å². The van der Waals surface area contributed by atoms with Crippen molar-refractivity contribution in [2.24, 2.45) is 0 Å². The van der Waals surface area contributed by atoms with E-state index in [0.29, 0.717) is 29.6 Å². The van der Waals surface area contributed by atoms with Crippen molar-refractivity contribution in [2.75, 3.05) is 11.5 Å². The van der Waals surface area contributed by atoms with Gasteiger partial charge in [-0.25, -0.2) is 4.98 Å². The van der Waals surface area contributed by atoms with Crippen LogP contribution in [0.4, 0.5) is 5.13 Å². The Morgan fingerprint density at radius 1 is 1.06 bits per heavy atom. The Morgan fingerprint density at radius 3 is 2.78 bits per heavy atom. The zero-order valence-electron chi connectivity index (χ0n) is 18.5. The summed E-state index contributed by atoms with van der Waals surface area (Å²) in [4.78, 5) is 24.5. The highest BCUT2D eigenvalue weighted by atomic mass is 32.1. The third kappa shape index (κ3) is 5.32. The molecule has 0 saturated carbocycles. The predicted octanol–water partition coefficient (Wildman–Crippen LogP) is 6.42. The summed E-state index contributed by atoms with van der Waals surface area (Å²) in [6.07, 6.45) is 5.02. The highest BCUT2D eigenvalue weighted by Crippen LogP contribution is 2.31. The number of hydrogen-bond acceptors (Lipinski definition) is 5. The molecule has 0 unspecified atom stereocenters. The molecule has 6 heteroatoms. The molecule has 0 fully saturated rings. The maximum absolute atomic E-state index is 13.6. The number of hydrogen-bond donors (Lipinski definition) is 0. The lowest BCUT2D eigenvalue weighted by Crippen LogP contribution is -2.30. The number of anilines is 1. The average Bonchev–Trinajstić information content (AvgIpc) is 3.23. The van der Waals surface area contributed by atoms with Gasteiger partial charge >= 0.3 is 0 Å². The van der Waals surface area contributed by atoms with Crippen LogP contribution in [-0.4, -0.2) is 22.5 Å². The van der Waals surface area contributed by atoms with Crippen molar-refractivity contribution in [3.8, 4) is 5.75 Å². The number of nitrogens with zero attached hydrogens (tertiary/aromatic N) is 3. The number of carbonyl (C=O) groups is 1. The van der Waals surface area contributed by atoms with Crippen LogP contribution < -0.4 is 9.64 Å². The molecule has 5 nitrogen and oxygen atoms in total. The van der Waals surface area contributed by atoms with Crippen LogP contribution in [0.15, 0.2) is 66.9 Å². The second-order valence-corrected chi connectivity index (χ2v) is 8.77. The van der Waals surface area contributed by atoms with E-state index in [1.54, 1.807) is 11.1 Å². The molecule has 0 aliphatic heterocycles. The molecular weight excluding hydrogens is 418 g/mol. The van der Waals surface area contributed by atoms with Crippen molar-refractivity contribution in [1.29, 1.82) is 0 Å². The fourth-order valence-corrected chi connectivity index (χ4v) is 4.49. The monoisotopic (exact) mass is 445 g/mol. The first-order chi connectivity index (χ1) is 15.6. The van der Waals surface area contributed by atoms with Crippen molar-refractivity contribution in [1.82, 2.24) is 9.97 Å². The van der Waals surface area contributed by atoms with Crippen molar-refractivity contribution in [3.05, 3.63) is 83.7 Å². The summed E-state index contributed by atoms with van der Waals surface area (Å²) in [6.45, 7) is 5.22. The molecule has 0 atom stereocenters. The largest absolute Gasteiger partial charge is 0.494 e. The number of aromatic nitrogens is 2. The average molecular weight is 446 g/mol. The molecule has 0 N–H and O–H groups in total. The number of rotatable bonds is 9. The number of amides is 1. The second-order valence-electron chi connectivity index (χ2n) is 7.76. The van der Waals surface area contributed by atoms with Crippen LogP contribution in [-0.2, 0) is 6.54 Å². The molecule has 4 aromatic rings. The van der Waals surface area contributed by atoms with Crippen LogP contribution in [0.25, 0.3) is 10.2 Å². The van der Waals surface area contributed by atoms with Gasteiger partial charge in [0.05, 0.1) is 29.1 Å². The SMILES string of the molecule is CCCCCOc1cccc(C(=O)N(Cc2ccccn2)c2nc3ccc(C)cc3s2)c1. The fraction of sp³-hybridized carbons (Fsp3) is 0.269. The quantitative estimate of drug-likeness (QED) is 0.279. The Balaban J connectivity index is 1.64. The first kappa shape index (κ1) is 22.0. The van der Waals surface area contributed by atoms with Crippen molar-refractivity contribution in [2.45, 2.75) is 39.7 Å². The molecule has 0 aliphatic carbocycles. The van der Waals surface area contributed by atoms with E-state index in [9.17, 15) is 4.79 Å². The first-order valence-corrected chi connectivity index (χ1v) is 11.8. The molecule has 0 bridgehead atoms. The Labute approximate surface area is 192 Å². The van der Waals surface area contributed by atoms with Crippen molar-refractivity contribution in [3.63, 3.8) is 0 Å². The smallest absolute Gasteiger partial charge is 0.260 e. The minimum absolute atomic E-state index is 0.120. The van der Waals surface area contributed by atoms with Crippen molar-refractivity contribution >= 4 is 32.6 Å². The van der Waals surface area contributed by atoms with Crippen LogP contribution in [0.2, 0.25) is 0 Å². The minimum atomic E-state index is -0.120. The van der Waals surface area contributed by atoms with Crippen LogP contribution in [0, 0.1) is 6.92 Å². The maximum Gasteiger partial charge on any atom is 0.260 e. The number of fused-ring (bicyclic) bond motifs is 1. The van der Waals surface area contributed by atoms with Gasteiger partial charge in [0.1, 0.15) is 5.75 Å². The highest BCUT2D eigenvalue weighted by molar-refractivity contribution is 7.22. The number of aryl methyl sites for hydroxylation is 1. The molecule has 2 aromatic heterocycles. The number of benzene rings is 2. The molecule has 0 radical (unpaired) electrons. The lowest BCUT2D eigenvalue weighted by atomic mass is 10.2. The summed E-state index contributed by atoms with van der Waals surface area (Å²) in [5.41, 5.74) is 3.44. The number of pyridine rings is 1. The second kappa shape index (κ2) is 10.4. The Kier molecular flexibility index (Phi) is 7.12. The third-order valence-electron chi connectivity index (χ3n) is 5.15. The summed E-state index contributed by atoms with van der Waals surface area (Å²) in [5, 5.41) is 0.663. The fourth-order valence-electron chi connectivity index (χ4n) is 3.43. The zero-order chi connectivity index (χ0) is 22.3. The van der Waals surface area contributed by atoms with Gasteiger partial charge in [0.2, 0.25) is 0 Å². The van der Waals surface area contributed by atoms with Gasteiger partial charge < -0.3 is 4.74 Å². The van der Waals surface area contributed by atoms with Gasteiger partial charge in [-0.1, -0.05) is 49.3 Å². The van der Waals surface area contributed by atoms with Crippen LogP contribution in [0.3, 0.4) is 0 Å². The summed E-state index contributed by atoms with van der Waals surface area (Å²) < 4.78 is 6.93. The standard InChI is InChI=1S/C26H27N3O2S/c1-3-4-7-15-31-22-11-8-9-20(17-22)25(30)29(18-21-10-5-6-14-27-21)26-28-23-13-12-19(2)16-24(23)32-26/h5-6,8-14,16-17H,3-4,7,15,18H2,1-2H3. The highest BCUT2D eigenvalue weighted by Gasteiger charge is 2.22. The lowest BCUT2D eigenvalue weighted by Gasteiger charge is -2.20. The van der Waals surface area contributed by atoms with Gasteiger partial charge in [0, 0.05) is 11.8 Å². The van der Waals surface area contributed by atoms with E-state index in [1.165, 1.54) is 16.9 Å². The van der Waals surface area contributed by atoms with Gasteiger partial charge in [-0.2, -0.15) is 0 Å². The van der Waals surface area contributed by atoms with E-state index in [1.807, 2.05) is 54.6 Å². The van der Waals surface area contributed by atoms with E-state index in [4.69, 9.17) is 9.72 Å². The summed E-state index contributed by atoms with van der Waals surface area (Å²) >= 11 is 1.52. The Bertz CT molecular complexity index is 1190. The first-order valence-electron chi connectivity index (χ1n) is 11.0. The topological polar surface area (TPSA) is 55.3 Å². The minimum Gasteiger partial charge on any atom is -0.494 e. The predicted molar refractivity (Wildman–Crippen MR) is 131 cm³/mol. The van der Waals surface area contributed by atoms with E-state index in [2.05, 4.69) is 24.9 Å². The Hall–Kier alpha value is -3.25.